The maximum Gasteiger partial charge on any atom is 0.123 e. The first-order valence-corrected chi connectivity index (χ1v) is 7.39. The van der Waals surface area contributed by atoms with E-state index in [1.807, 2.05) is 24.3 Å². The first-order valence-electron chi connectivity index (χ1n) is 7.01. The van der Waals surface area contributed by atoms with Crippen LogP contribution in [0.3, 0.4) is 0 Å². The Bertz CT molecular complexity index is 626. The lowest BCUT2D eigenvalue weighted by molar-refractivity contribution is 0.303. The summed E-state index contributed by atoms with van der Waals surface area (Å²) in [5.74, 6) is 6.74. The molecule has 2 aromatic carbocycles. The maximum absolute atomic E-state index is 6.28. The van der Waals surface area contributed by atoms with E-state index < -0.39 is 0 Å². The number of nitrogens with two attached hydrogens (primary N) is 1. The largest absolute Gasteiger partial charge is 0.488 e. The van der Waals surface area contributed by atoms with Crippen LogP contribution in [0.4, 0.5) is 5.69 Å². The standard InChI is InChI=1S/C17H21ClN2O/c1-4-13-10-12(2)8-9-17(13)21-11-14-15(18)6-5-7-16(14)20(3)19/h5-10H,4,11,19H2,1-3H3. The fourth-order valence-electron chi connectivity index (χ4n) is 2.30. The Morgan fingerprint density at radius 1 is 1.24 bits per heavy atom. The van der Waals surface area contributed by atoms with Crippen LogP contribution in [0.1, 0.15) is 23.6 Å². The highest BCUT2D eigenvalue weighted by molar-refractivity contribution is 6.31. The molecule has 0 aliphatic heterocycles. The highest BCUT2D eigenvalue weighted by Gasteiger charge is 2.11. The molecule has 4 heteroatoms. The van der Waals surface area contributed by atoms with Crippen molar-refractivity contribution in [2.45, 2.75) is 26.9 Å². The second kappa shape index (κ2) is 6.83. The predicted molar refractivity (Wildman–Crippen MR) is 88.9 cm³/mol. The van der Waals surface area contributed by atoms with Gasteiger partial charge in [-0.3, -0.25) is 0 Å². The Labute approximate surface area is 131 Å². The number of benzene rings is 2. The molecule has 0 saturated carbocycles. The monoisotopic (exact) mass is 304 g/mol. The third-order valence-corrected chi connectivity index (χ3v) is 3.80. The first-order chi connectivity index (χ1) is 10.0. The third kappa shape index (κ3) is 3.69. The van der Waals surface area contributed by atoms with Crippen molar-refractivity contribution in [1.29, 1.82) is 0 Å². The van der Waals surface area contributed by atoms with Crippen LogP contribution in [0.2, 0.25) is 5.02 Å². The third-order valence-electron chi connectivity index (χ3n) is 3.44. The van der Waals surface area contributed by atoms with E-state index in [0.717, 1.165) is 23.4 Å². The second-order valence-electron chi connectivity index (χ2n) is 5.10. The summed E-state index contributed by atoms with van der Waals surface area (Å²) in [5, 5.41) is 2.22. The molecule has 3 nitrogen and oxygen atoms in total. The molecular formula is C17H21ClN2O. The first kappa shape index (κ1) is 15.7. The molecule has 0 spiro atoms. The number of ether oxygens (including phenoxy) is 1. The van der Waals surface area contributed by atoms with Gasteiger partial charge in [-0.15, -0.1) is 0 Å². The summed E-state index contributed by atoms with van der Waals surface area (Å²) in [6.45, 7) is 4.60. The Kier molecular flexibility index (Phi) is 5.10. The van der Waals surface area contributed by atoms with E-state index in [1.165, 1.54) is 11.1 Å². The van der Waals surface area contributed by atoms with Crippen LogP contribution in [-0.2, 0) is 13.0 Å². The van der Waals surface area contributed by atoms with Crippen molar-refractivity contribution < 1.29 is 4.74 Å². The van der Waals surface area contributed by atoms with E-state index in [4.69, 9.17) is 22.2 Å². The van der Waals surface area contributed by atoms with Crippen LogP contribution in [0, 0.1) is 6.92 Å². The molecule has 21 heavy (non-hydrogen) atoms. The topological polar surface area (TPSA) is 38.5 Å². The molecule has 2 N–H and O–H groups in total. The second-order valence-corrected chi connectivity index (χ2v) is 5.51. The van der Waals surface area contributed by atoms with Gasteiger partial charge in [0.25, 0.3) is 0 Å². The van der Waals surface area contributed by atoms with Gasteiger partial charge in [-0.1, -0.05) is 42.3 Å². The normalized spacial score (nSPS) is 10.5. The minimum atomic E-state index is 0.395. The highest BCUT2D eigenvalue weighted by atomic mass is 35.5. The van der Waals surface area contributed by atoms with Crippen LogP contribution in [0.25, 0.3) is 0 Å². The summed E-state index contributed by atoms with van der Waals surface area (Å²) < 4.78 is 5.97. The van der Waals surface area contributed by atoms with Crippen molar-refractivity contribution in [3.05, 3.63) is 58.1 Å². The summed E-state index contributed by atoms with van der Waals surface area (Å²) in [5.41, 5.74) is 4.20. The van der Waals surface area contributed by atoms with Gasteiger partial charge in [0.15, 0.2) is 0 Å². The van der Waals surface area contributed by atoms with Gasteiger partial charge in [0, 0.05) is 17.6 Å². The average Bonchev–Trinajstić information content (AvgIpc) is 2.46. The van der Waals surface area contributed by atoms with Crippen molar-refractivity contribution in [1.82, 2.24) is 0 Å². The summed E-state index contributed by atoms with van der Waals surface area (Å²) in [4.78, 5) is 0. The number of aryl methyl sites for hydroxylation is 2. The summed E-state index contributed by atoms with van der Waals surface area (Å²) in [7, 11) is 1.79. The molecule has 0 aromatic heterocycles. The lowest BCUT2D eigenvalue weighted by Crippen LogP contribution is -2.26. The lowest BCUT2D eigenvalue weighted by atomic mass is 10.1. The van der Waals surface area contributed by atoms with Crippen molar-refractivity contribution >= 4 is 17.3 Å². The molecule has 0 unspecified atom stereocenters. The summed E-state index contributed by atoms with van der Waals surface area (Å²) in [6, 6.07) is 11.9. The molecular weight excluding hydrogens is 284 g/mol. The quantitative estimate of drug-likeness (QED) is 0.667. The van der Waals surface area contributed by atoms with Gasteiger partial charge in [0.1, 0.15) is 12.4 Å². The molecule has 0 fully saturated rings. The zero-order chi connectivity index (χ0) is 15.4. The summed E-state index contributed by atoms with van der Waals surface area (Å²) >= 11 is 6.28. The van der Waals surface area contributed by atoms with Crippen LogP contribution < -0.4 is 15.6 Å². The minimum Gasteiger partial charge on any atom is -0.488 e. The van der Waals surface area contributed by atoms with E-state index in [0.29, 0.717) is 11.6 Å². The molecule has 2 rings (SSSR count). The van der Waals surface area contributed by atoms with E-state index in [1.54, 1.807) is 12.1 Å². The molecule has 0 aliphatic carbocycles. The molecule has 0 bridgehead atoms. The molecule has 112 valence electrons. The number of hydrazine groups is 1. The Balaban J connectivity index is 2.25. The van der Waals surface area contributed by atoms with Crippen LogP contribution in [-0.4, -0.2) is 7.05 Å². The highest BCUT2D eigenvalue weighted by Crippen LogP contribution is 2.28. The van der Waals surface area contributed by atoms with Gasteiger partial charge >= 0.3 is 0 Å². The van der Waals surface area contributed by atoms with Crippen molar-refractivity contribution in [3.8, 4) is 5.75 Å². The van der Waals surface area contributed by atoms with Gasteiger partial charge < -0.3 is 9.75 Å². The van der Waals surface area contributed by atoms with Gasteiger partial charge in [-0.25, -0.2) is 5.84 Å². The molecule has 0 amide bonds. The average molecular weight is 305 g/mol. The smallest absolute Gasteiger partial charge is 0.123 e. The Morgan fingerprint density at radius 2 is 2.00 bits per heavy atom. The summed E-state index contributed by atoms with van der Waals surface area (Å²) in [6.07, 6.45) is 0.934. The zero-order valence-corrected chi connectivity index (χ0v) is 13.4. The molecule has 0 saturated heterocycles. The number of nitrogens with zero attached hydrogens (tertiary/aromatic N) is 1. The van der Waals surface area contributed by atoms with Gasteiger partial charge in [0.2, 0.25) is 0 Å². The van der Waals surface area contributed by atoms with Crippen LogP contribution >= 0.6 is 11.6 Å². The Hall–Kier alpha value is -1.71. The molecule has 0 atom stereocenters. The van der Waals surface area contributed by atoms with Crippen LogP contribution in [0.15, 0.2) is 36.4 Å². The van der Waals surface area contributed by atoms with E-state index in [2.05, 4.69) is 26.0 Å². The van der Waals surface area contributed by atoms with E-state index in [-0.39, 0.29) is 0 Å². The number of rotatable bonds is 5. The fraction of sp³-hybridized carbons (Fsp3) is 0.294. The van der Waals surface area contributed by atoms with Crippen molar-refractivity contribution in [3.63, 3.8) is 0 Å². The van der Waals surface area contributed by atoms with Gasteiger partial charge in [0.05, 0.1) is 5.69 Å². The van der Waals surface area contributed by atoms with Gasteiger partial charge in [-0.05, 0) is 37.1 Å². The molecule has 0 aliphatic rings. The van der Waals surface area contributed by atoms with E-state index in [9.17, 15) is 0 Å². The minimum absolute atomic E-state index is 0.395. The number of anilines is 1. The number of hydrogen-bond acceptors (Lipinski definition) is 3. The predicted octanol–water partition coefficient (Wildman–Crippen LogP) is 4.10. The van der Waals surface area contributed by atoms with Crippen LogP contribution in [0.5, 0.6) is 5.75 Å². The van der Waals surface area contributed by atoms with E-state index >= 15 is 0 Å². The SMILES string of the molecule is CCc1cc(C)ccc1OCc1c(Cl)cccc1N(C)N. The molecule has 2 aromatic rings. The fourth-order valence-corrected chi connectivity index (χ4v) is 2.52. The zero-order valence-electron chi connectivity index (χ0n) is 12.7. The van der Waals surface area contributed by atoms with Crippen molar-refractivity contribution in [2.75, 3.05) is 12.1 Å². The number of hydrogen-bond donors (Lipinski definition) is 1. The molecule has 0 heterocycles. The maximum atomic E-state index is 6.28. The molecule has 0 radical (unpaired) electrons. The lowest BCUT2D eigenvalue weighted by Gasteiger charge is -2.19. The Morgan fingerprint density at radius 3 is 2.67 bits per heavy atom. The van der Waals surface area contributed by atoms with Crippen molar-refractivity contribution in [2.24, 2.45) is 5.84 Å². The number of halogens is 1. The van der Waals surface area contributed by atoms with Gasteiger partial charge in [-0.2, -0.15) is 0 Å².